The fourth-order valence-electron chi connectivity index (χ4n) is 9.22. The summed E-state index contributed by atoms with van der Waals surface area (Å²) in [6.45, 7) is 11.5. The van der Waals surface area contributed by atoms with Gasteiger partial charge in [0.1, 0.15) is 16.9 Å². The standard InChI is InChI=1S/C49H57FN2S2/c1-6-11-13-15-34-18-21-38-39-23-20-36(32-43(39)49(28-8-3,29-9-4)42(38)30-34)37-24-25-41(48-47(37)51-54-52-48)46-27-26-45(53-46)40-22-19-35(31-44(40)50)17-16-33(10-5)14-12-7-2/h18-27,30-33H,6-17,28-29H2,1-5H3. The van der Waals surface area contributed by atoms with Crippen LogP contribution in [0.25, 0.3) is 54.2 Å². The highest BCUT2D eigenvalue weighted by Crippen LogP contribution is 2.55. The van der Waals surface area contributed by atoms with Gasteiger partial charge in [0.25, 0.3) is 0 Å². The molecule has 1 atom stereocenters. The fourth-order valence-corrected chi connectivity index (χ4v) is 10.9. The van der Waals surface area contributed by atoms with Gasteiger partial charge in [0.05, 0.1) is 11.7 Å². The molecule has 0 radical (unpaired) electrons. The van der Waals surface area contributed by atoms with E-state index in [0.29, 0.717) is 5.56 Å². The van der Waals surface area contributed by atoms with Gasteiger partial charge in [-0.05, 0) is 108 Å². The molecule has 6 aromatic rings. The summed E-state index contributed by atoms with van der Waals surface area (Å²) < 4.78 is 25.3. The van der Waals surface area contributed by atoms with Crippen LogP contribution in [0.3, 0.4) is 0 Å². The third-order valence-corrected chi connectivity index (χ3v) is 13.8. The lowest BCUT2D eigenvalue weighted by atomic mass is 9.71. The van der Waals surface area contributed by atoms with E-state index in [-0.39, 0.29) is 11.2 Å². The van der Waals surface area contributed by atoms with Gasteiger partial charge in [-0.2, -0.15) is 8.75 Å². The minimum absolute atomic E-state index is 0.0255. The molecular weight excluding hydrogens is 700 g/mol. The zero-order valence-electron chi connectivity index (χ0n) is 33.1. The summed E-state index contributed by atoms with van der Waals surface area (Å²) >= 11 is 2.91. The molecule has 0 bridgehead atoms. The maximum Gasteiger partial charge on any atom is 0.132 e. The minimum Gasteiger partial charge on any atom is -0.206 e. The van der Waals surface area contributed by atoms with Crippen molar-refractivity contribution in [3.8, 4) is 43.1 Å². The monoisotopic (exact) mass is 756 g/mol. The molecule has 0 aliphatic heterocycles. The summed E-state index contributed by atoms with van der Waals surface area (Å²) in [6.07, 6.45) is 16.6. The lowest BCUT2D eigenvalue weighted by Gasteiger charge is -2.32. The molecule has 2 aromatic heterocycles. The number of aromatic nitrogens is 2. The zero-order valence-corrected chi connectivity index (χ0v) is 34.7. The summed E-state index contributed by atoms with van der Waals surface area (Å²) in [7, 11) is 0. The highest BCUT2D eigenvalue weighted by atomic mass is 32.1. The van der Waals surface area contributed by atoms with Crippen molar-refractivity contribution >= 4 is 34.1 Å². The molecule has 1 aliphatic carbocycles. The van der Waals surface area contributed by atoms with Gasteiger partial charge in [0.15, 0.2) is 0 Å². The van der Waals surface area contributed by atoms with Crippen LogP contribution in [0.2, 0.25) is 0 Å². The molecule has 0 N–H and O–H groups in total. The minimum atomic E-state index is -0.132. The summed E-state index contributed by atoms with van der Waals surface area (Å²) in [6, 6.07) is 29.0. The van der Waals surface area contributed by atoms with Crippen molar-refractivity contribution in [3.63, 3.8) is 0 Å². The molecule has 1 aliphatic rings. The Balaban J connectivity index is 1.18. The molecule has 2 heterocycles. The fraction of sp³-hybridized carbons (Fsp3) is 0.429. The van der Waals surface area contributed by atoms with Gasteiger partial charge in [-0.3, -0.25) is 0 Å². The average Bonchev–Trinajstić information content (AvgIpc) is 3.93. The Hall–Kier alpha value is -3.67. The number of rotatable bonds is 18. The van der Waals surface area contributed by atoms with Crippen LogP contribution in [-0.4, -0.2) is 8.75 Å². The summed E-state index contributed by atoms with van der Waals surface area (Å²) in [4.78, 5) is 2.03. The van der Waals surface area contributed by atoms with Crippen molar-refractivity contribution in [2.45, 2.75) is 130 Å². The largest absolute Gasteiger partial charge is 0.206 e. The average molecular weight is 757 g/mol. The van der Waals surface area contributed by atoms with E-state index in [9.17, 15) is 0 Å². The lowest BCUT2D eigenvalue weighted by Crippen LogP contribution is -2.25. The number of thiophene rings is 1. The number of halogens is 1. The third-order valence-electron chi connectivity index (χ3n) is 12.1. The van der Waals surface area contributed by atoms with Crippen molar-refractivity contribution in [2.75, 3.05) is 0 Å². The zero-order chi connectivity index (χ0) is 37.7. The lowest BCUT2D eigenvalue weighted by molar-refractivity contribution is 0.421. The Bertz CT molecular complexity index is 2190. The van der Waals surface area contributed by atoms with E-state index in [1.165, 1.54) is 90.1 Å². The second kappa shape index (κ2) is 17.4. The molecule has 4 aromatic carbocycles. The molecule has 0 spiro atoms. The number of unbranched alkanes of at least 4 members (excludes halogenated alkanes) is 3. The van der Waals surface area contributed by atoms with Gasteiger partial charge in [-0.15, -0.1) is 11.3 Å². The molecule has 5 heteroatoms. The van der Waals surface area contributed by atoms with Gasteiger partial charge in [0.2, 0.25) is 0 Å². The van der Waals surface area contributed by atoms with E-state index in [4.69, 9.17) is 8.75 Å². The Kier molecular flexibility index (Phi) is 12.5. The van der Waals surface area contributed by atoms with E-state index >= 15 is 4.39 Å². The van der Waals surface area contributed by atoms with Crippen LogP contribution < -0.4 is 0 Å². The number of nitrogens with zero attached hydrogens (tertiary/aromatic N) is 2. The second-order valence-corrected chi connectivity index (χ2v) is 17.3. The molecule has 0 amide bonds. The maximum absolute atomic E-state index is 15.6. The van der Waals surface area contributed by atoms with Gasteiger partial charge in [-0.1, -0.05) is 141 Å². The summed E-state index contributed by atoms with van der Waals surface area (Å²) in [5.74, 6) is 0.590. The van der Waals surface area contributed by atoms with Crippen molar-refractivity contribution in [1.29, 1.82) is 0 Å². The first-order valence-electron chi connectivity index (χ1n) is 20.9. The predicted molar refractivity (Wildman–Crippen MR) is 232 cm³/mol. The van der Waals surface area contributed by atoms with Crippen LogP contribution in [-0.2, 0) is 18.3 Å². The van der Waals surface area contributed by atoms with Gasteiger partial charge in [0, 0.05) is 31.9 Å². The van der Waals surface area contributed by atoms with E-state index in [1.807, 2.05) is 6.07 Å². The maximum atomic E-state index is 15.6. The van der Waals surface area contributed by atoms with Crippen LogP contribution in [0, 0.1) is 11.7 Å². The Labute approximate surface area is 331 Å². The van der Waals surface area contributed by atoms with E-state index in [1.54, 1.807) is 17.4 Å². The molecule has 54 heavy (non-hydrogen) atoms. The van der Waals surface area contributed by atoms with Crippen molar-refractivity contribution in [2.24, 2.45) is 5.92 Å². The summed E-state index contributed by atoms with van der Waals surface area (Å²) in [5.41, 5.74) is 14.3. The Morgan fingerprint density at radius 2 is 1.19 bits per heavy atom. The number of aryl methyl sites for hydroxylation is 2. The molecule has 0 saturated carbocycles. The van der Waals surface area contributed by atoms with Gasteiger partial charge >= 0.3 is 0 Å². The molecular formula is C49H57FN2S2. The molecule has 282 valence electrons. The van der Waals surface area contributed by atoms with Crippen molar-refractivity contribution < 1.29 is 4.39 Å². The number of benzene rings is 4. The van der Waals surface area contributed by atoms with Crippen LogP contribution in [0.4, 0.5) is 4.39 Å². The Morgan fingerprint density at radius 1 is 0.574 bits per heavy atom. The van der Waals surface area contributed by atoms with E-state index in [0.717, 1.165) is 88.3 Å². The molecule has 2 nitrogen and oxygen atoms in total. The van der Waals surface area contributed by atoms with Crippen LogP contribution in [0.15, 0.2) is 78.9 Å². The highest BCUT2D eigenvalue weighted by Gasteiger charge is 2.42. The number of hydrogen-bond acceptors (Lipinski definition) is 4. The molecule has 0 saturated heterocycles. The summed E-state index contributed by atoms with van der Waals surface area (Å²) in [5, 5.41) is 0. The smallest absolute Gasteiger partial charge is 0.132 e. The topological polar surface area (TPSA) is 25.8 Å². The Morgan fingerprint density at radius 3 is 1.87 bits per heavy atom. The van der Waals surface area contributed by atoms with E-state index in [2.05, 4.69) is 101 Å². The predicted octanol–water partition coefficient (Wildman–Crippen LogP) is 15.6. The molecule has 7 rings (SSSR count). The highest BCUT2D eigenvalue weighted by molar-refractivity contribution is 7.19. The number of hydrogen-bond donors (Lipinski definition) is 0. The number of fused-ring (bicyclic) bond motifs is 4. The van der Waals surface area contributed by atoms with Crippen LogP contribution >= 0.6 is 23.1 Å². The SMILES string of the molecule is CCCCCc1ccc2c(c1)C(CCC)(CCC)c1cc(-c3ccc(-c4ccc(-c5ccc(CCC(CC)CCCC)cc5F)s4)c4nsnc34)ccc1-2. The molecule has 0 fully saturated rings. The first-order valence-corrected chi connectivity index (χ1v) is 22.4. The van der Waals surface area contributed by atoms with Crippen LogP contribution in [0.5, 0.6) is 0 Å². The molecule has 1 unspecified atom stereocenters. The van der Waals surface area contributed by atoms with E-state index < -0.39 is 0 Å². The van der Waals surface area contributed by atoms with Crippen molar-refractivity contribution in [3.05, 3.63) is 107 Å². The first kappa shape index (κ1) is 38.6. The quantitative estimate of drug-likeness (QED) is 0.0816. The normalized spacial score (nSPS) is 13.7. The second-order valence-electron chi connectivity index (χ2n) is 15.7. The first-order chi connectivity index (χ1) is 26.4. The third kappa shape index (κ3) is 7.60. The van der Waals surface area contributed by atoms with Gasteiger partial charge < -0.3 is 0 Å². The van der Waals surface area contributed by atoms with Crippen LogP contribution in [0.1, 0.15) is 134 Å². The van der Waals surface area contributed by atoms with Gasteiger partial charge in [-0.25, -0.2) is 4.39 Å². The van der Waals surface area contributed by atoms with Crippen molar-refractivity contribution in [1.82, 2.24) is 8.75 Å².